The third-order valence-corrected chi connectivity index (χ3v) is 3.33. The fraction of sp³-hybridized carbons (Fsp3) is 0.400. The molecule has 1 aliphatic rings. The average Bonchev–Trinajstić information content (AvgIpc) is 2.92. The van der Waals surface area contributed by atoms with Crippen molar-refractivity contribution in [2.45, 2.75) is 25.7 Å². The van der Waals surface area contributed by atoms with Crippen LogP contribution in [-0.2, 0) is 0 Å². The maximum atomic E-state index is 12.0. The van der Waals surface area contributed by atoms with Crippen LogP contribution in [0.15, 0.2) is 29.8 Å². The number of methoxy groups -OCH3 is 1. The number of benzene rings is 1. The molecular weight excluding hydrogens is 242 g/mol. The summed E-state index contributed by atoms with van der Waals surface area (Å²) in [6.45, 7) is 0.599. The Kier molecular flexibility index (Phi) is 4.44. The van der Waals surface area contributed by atoms with Crippen molar-refractivity contribution >= 4 is 5.91 Å². The molecule has 0 heterocycles. The zero-order valence-corrected chi connectivity index (χ0v) is 11.1. The molecular formula is C15H19NO3. The lowest BCUT2D eigenvalue weighted by molar-refractivity contribution is 0.0951. The lowest BCUT2D eigenvalue weighted by Crippen LogP contribution is -2.24. The van der Waals surface area contributed by atoms with Gasteiger partial charge in [0.15, 0.2) is 11.5 Å². The molecule has 0 bridgehead atoms. The fourth-order valence-electron chi connectivity index (χ4n) is 2.27. The van der Waals surface area contributed by atoms with Crippen LogP contribution >= 0.6 is 0 Å². The van der Waals surface area contributed by atoms with Gasteiger partial charge in [-0.3, -0.25) is 4.79 Å². The number of phenolic OH excluding ortho intramolecular Hbond substituents is 1. The van der Waals surface area contributed by atoms with Crippen molar-refractivity contribution in [1.82, 2.24) is 5.32 Å². The zero-order valence-electron chi connectivity index (χ0n) is 11.1. The molecule has 1 aromatic carbocycles. The summed E-state index contributed by atoms with van der Waals surface area (Å²) in [5.41, 5.74) is 1.66. The van der Waals surface area contributed by atoms with E-state index < -0.39 is 0 Å². The predicted octanol–water partition coefficient (Wildman–Crippen LogP) is 2.63. The van der Waals surface area contributed by atoms with Gasteiger partial charge in [-0.15, -0.1) is 0 Å². The van der Waals surface area contributed by atoms with Crippen LogP contribution in [0.5, 0.6) is 11.5 Å². The van der Waals surface area contributed by atoms with Crippen LogP contribution in [0.4, 0.5) is 0 Å². The SMILES string of the molecule is COc1cccc(C(=O)NCCC2=CCCC2)c1O. The highest BCUT2D eigenvalue weighted by Crippen LogP contribution is 2.29. The van der Waals surface area contributed by atoms with Gasteiger partial charge in [-0.05, 0) is 37.8 Å². The third kappa shape index (κ3) is 3.28. The molecule has 102 valence electrons. The van der Waals surface area contributed by atoms with Crippen molar-refractivity contribution in [2.24, 2.45) is 0 Å². The van der Waals surface area contributed by atoms with E-state index in [9.17, 15) is 9.90 Å². The summed E-state index contributed by atoms with van der Waals surface area (Å²) < 4.78 is 4.98. The van der Waals surface area contributed by atoms with E-state index in [1.54, 1.807) is 18.2 Å². The summed E-state index contributed by atoms with van der Waals surface area (Å²) in [7, 11) is 1.46. The second kappa shape index (κ2) is 6.27. The number of ether oxygens (including phenoxy) is 1. The summed E-state index contributed by atoms with van der Waals surface area (Å²) in [4.78, 5) is 12.0. The van der Waals surface area contributed by atoms with E-state index in [1.807, 2.05) is 0 Å². The summed E-state index contributed by atoms with van der Waals surface area (Å²) in [5, 5.41) is 12.7. The number of rotatable bonds is 5. The number of hydrogen-bond donors (Lipinski definition) is 2. The number of amides is 1. The molecule has 0 saturated heterocycles. The Hall–Kier alpha value is -1.97. The van der Waals surface area contributed by atoms with Crippen LogP contribution in [0.3, 0.4) is 0 Å². The number of carbonyl (C=O) groups excluding carboxylic acids is 1. The third-order valence-electron chi connectivity index (χ3n) is 3.33. The Labute approximate surface area is 113 Å². The van der Waals surface area contributed by atoms with E-state index >= 15 is 0 Å². The fourth-order valence-corrected chi connectivity index (χ4v) is 2.27. The van der Waals surface area contributed by atoms with Gasteiger partial charge < -0.3 is 15.2 Å². The van der Waals surface area contributed by atoms with Gasteiger partial charge in [0.25, 0.3) is 5.91 Å². The molecule has 1 amide bonds. The largest absolute Gasteiger partial charge is 0.504 e. The standard InChI is InChI=1S/C15H19NO3/c1-19-13-8-4-7-12(14(13)17)15(18)16-10-9-11-5-2-3-6-11/h4-5,7-8,17H,2-3,6,9-10H2,1H3,(H,16,18). The van der Waals surface area contributed by atoms with Gasteiger partial charge in [-0.1, -0.05) is 17.7 Å². The Bertz CT molecular complexity index is 494. The van der Waals surface area contributed by atoms with Crippen LogP contribution < -0.4 is 10.1 Å². The first kappa shape index (κ1) is 13.5. The lowest BCUT2D eigenvalue weighted by atomic mass is 10.1. The lowest BCUT2D eigenvalue weighted by Gasteiger charge is -2.09. The molecule has 4 nitrogen and oxygen atoms in total. The number of allylic oxidation sites excluding steroid dienone is 1. The van der Waals surface area contributed by atoms with E-state index in [1.165, 1.54) is 19.1 Å². The monoisotopic (exact) mass is 261 g/mol. The van der Waals surface area contributed by atoms with Gasteiger partial charge >= 0.3 is 0 Å². The van der Waals surface area contributed by atoms with E-state index in [4.69, 9.17) is 4.74 Å². The molecule has 4 heteroatoms. The maximum absolute atomic E-state index is 12.0. The van der Waals surface area contributed by atoms with Crippen molar-refractivity contribution in [1.29, 1.82) is 0 Å². The number of para-hydroxylation sites is 1. The van der Waals surface area contributed by atoms with Gasteiger partial charge in [0.05, 0.1) is 12.7 Å². The first-order valence-corrected chi connectivity index (χ1v) is 6.54. The van der Waals surface area contributed by atoms with E-state index in [-0.39, 0.29) is 17.2 Å². The smallest absolute Gasteiger partial charge is 0.255 e. The van der Waals surface area contributed by atoms with Gasteiger partial charge in [0.1, 0.15) is 0 Å². The molecule has 1 aromatic rings. The predicted molar refractivity (Wildman–Crippen MR) is 73.5 cm³/mol. The summed E-state index contributed by atoms with van der Waals surface area (Å²) in [5.74, 6) is -0.0660. The van der Waals surface area contributed by atoms with Crippen LogP contribution in [0.25, 0.3) is 0 Å². The summed E-state index contributed by atoms with van der Waals surface area (Å²) in [6, 6.07) is 4.89. The van der Waals surface area contributed by atoms with Gasteiger partial charge in [0.2, 0.25) is 0 Å². The molecule has 0 aromatic heterocycles. The Morgan fingerprint density at radius 3 is 3.00 bits per heavy atom. The van der Waals surface area contributed by atoms with Crippen molar-refractivity contribution in [3.05, 3.63) is 35.4 Å². The number of carbonyl (C=O) groups is 1. The van der Waals surface area contributed by atoms with E-state index in [2.05, 4.69) is 11.4 Å². The molecule has 0 unspecified atom stereocenters. The molecule has 0 saturated carbocycles. The average molecular weight is 261 g/mol. The molecule has 0 fully saturated rings. The van der Waals surface area contributed by atoms with E-state index in [0.29, 0.717) is 12.3 Å². The Morgan fingerprint density at radius 1 is 1.47 bits per heavy atom. The minimum Gasteiger partial charge on any atom is -0.504 e. The second-order valence-electron chi connectivity index (χ2n) is 4.62. The summed E-state index contributed by atoms with van der Waals surface area (Å²) >= 11 is 0. The molecule has 19 heavy (non-hydrogen) atoms. The Morgan fingerprint density at radius 2 is 2.32 bits per heavy atom. The molecule has 2 rings (SSSR count). The number of nitrogens with one attached hydrogen (secondary N) is 1. The molecule has 2 N–H and O–H groups in total. The molecule has 1 aliphatic carbocycles. The number of hydrogen-bond acceptors (Lipinski definition) is 3. The minimum atomic E-state index is -0.269. The van der Waals surface area contributed by atoms with Crippen molar-refractivity contribution in [3.8, 4) is 11.5 Å². The second-order valence-corrected chi connectivity index (χ2v) is 4.62. The van der Waals surface area contributed by atoms with Crippen LogP contribution in [0, 0.1) is 0 Å². The molecule has 0 aliphatic heterocycles. The minimum absolute atomic E-state index is 0.109. The highest BCUT2D eigenvalue weighted by Gasteiger charge is 2.14. The first-order valence-electron chi connectivity index (χ1n) is 6.54. The van der Waals surface area contributed by atoms with Crippen molar-refractivity contribution < 1.29 is 14.6 Å². The summed E-state index contributed by atoms with van der Waals surface area (Å²) in [6.07, 6.45) is 6.64. The normalized spacial score (nSPS) is 14.1. The first-order chi connectivity index (χ1) is 9.22. The number of aromatic hydroxyl groups is 1. The van der Waals surface area contributed by atoms with Crippen molar-refractivity contribution in [3.63, 3.8) is 0 Å². The van der Waals surface area contributed by atoms with Gasteiger partial charge in [0, 0.05) is 6.54 Å². The van der Waals surface area contributed by atoms with Crippen molar-refractivity contribution in [2.75, 3.05) is 13.7 Å². The van der Waals surface area contributed by atoms with Gasteiger partial charge in [-0.25, -0.2) is 0 Å². The zero-order chi connectivity index (χ0) is 13.7. The quantitative estimate of drug-likeness (QED) is 0.801. The molecule has 0 radical (unpaired) electrons. The number of phenols is 1. The maximum Gasteiger partial charge on any atom is 0.255 e. The molecule has 0 atom stereocenters. The van der Waals surface area contributed by atoms with Crippen LogP contribution in [0.1, 0.15) is 36.0 Å². The van der Waals surface area contributed by atoms with E-state index in [0.717, 1.165) is 19.3 Å². The van der Waals surface area contributed by atoms with Gasteiger partial charge in [-0.2, -0.15) is 0 Å². The van der Waals surface area contributed by atoms with Crippen LogP contribution in [0.2, 0.25) is 0 Å². The van der Waals surface area contributed by atoms with Crippen LogP contribution in [-0.4, -0.2) is 24.7 Å². The highest BCUT2D eigenvalue weighted by atomic mass is 16.5. The Balaban J connectivity index is 1.92. The topological polar surface area (TPSA) is 58.6 Å². The molecule has 0 spiro atoms. The highest BCUT2D eigenvalue weighted by molar-refractivity contribution is 5.97.